The molecule has 0 saturated carbocycles. The van der Waals surface area contributed by atoms with Crippen molar-refractivity contribution in [1.82, 2.24) is 0 Å². The predicted molar refractivity (Wildman–Crippen MR) is 98.7 cm³/mol. The smallest absolute Gasteiger partial charge is 0.175 e. The number of halogens is 2. The maximum atomic E-state index is 11.8. The van der Waals surface area contributed by atoms with Crippen LogP contribution in [-0.2, 0) is 0 Å². The molecular weight excluding hydrogens is 394 g/mol. The van der Waals surface area contributed by atoms with Gasteiger partial charge in [0.25, 0.3) is 0 Å². The second kappa shape index (κ2) is 9.96. The highest BCUT2D eigenvalue weighted by Gasteiger charge is 2.14. The quantitative estimate of drug-likeness (QED) is 0.478. The van der Waals surface area contributed by atoms with Crippen molar-refractivity contribution >= 4 is 33.3 Å². The topological polar surface area (TPSA) is 59.3 Å². The van der Waals surface area contributed by atoms with E-state index in [1.165, 1.54) is 6.92 Å². The van der Waals surface area contributed by atoms with Gasteiger partial charge in [-0.05, 0) is 42.8 Å². The Morgan fingerprint density at radius 2 is 1.75 bits per heavy atom. The first kappa shape index (κ1) is 20.0. The molecular formula is C18H17BrClNO3. The van der Waals surface area contributed by atoms with Gasteiger partial charge in [-0.3, -0.25) is 4.79 Å². The van der Waals surface area contributed by atoms with Gasteiger partial charge in [-0.1, -0.05) is 27.5 Å². The molecule has 4 nitrogen and oxygen atoms in total. The van der Waals surface area contributed by atoms with Gasteiger partial charge in [0.15, 0.2) is 5.78 Å². The van der Waals surface area contributed by atoms with Gasteiger partial charge < -0.3 is 9.47 Å². The van der Waals surface area contributed by atoms with Crippen molar-refractivity contribution < 1.29 is 14.3 Å². The van der Waals surface area contributed by atoms with Gasteiger partial charge >= 0.3 is 0 Å². The Balaban J connectivity index is 0.000000891. The number of benzene rings is 2. The molecule has 6 heteroatoms. The molecule has 0 unspecified atom stereocenters. The fourth-order valence-electron chi connectivity index (χ4n) is 1.97. The number of aryl methyl sites for hydroxylation is 1. The van der Waals surface area contributed by atoms with Crippen LogP contribution in [0.2, 0.25) is 5.02 Å². The molecule has 0 atom stereocenters. The highest BCUT2D eigenvalue weighted by atomic mass is 79.9. The first-order chi connectivity index (χ1) is 11.5. The van der Waals surface area contributed by atoms with E-state index in [4.69, 9.17) is 26.3 Å². The van der Waals surface area contributed by atoms with Crippen molar-refractivity contribution in [3.05, 3.63) is 52.5 Å². The summed E-state index contributed by atoms with van der Waals surface area (Å²) in [5, 5.41) is 7.95. The SMILES string of the molecule is CC#N.COc1ccc(Oc2cc(C)c(C(=O)CBr)c(Cl)c2)cc1. The average Bonchev–Trinajstić information content (AvgIpc) is 2.55. The molecule has 0 aliphatic heterocycles. The van der Waals surface area contributed by atoms with Crippen LogP contribution in [0.15, 0.2) is 36.4 Å². The molecule has 2 aromatic carbocycles. The summed E-state index contributed by atoms with van der Waals surface area (Å²) in [5.41, 5.74) is 1.31. The summed E-state index contributed by atoms with van der Waals surface area (Å²) >= 11 is 9.33. The molecule has 0 spiro atoms. The summed E-state index contributed by atoms with van der Waals surface area (Å²) in [6, 6.07) is 12.4. The molecule has 0 heterocycles. The second-order valence-corrected chi connectivity index (χ2v) is 5.62. The fourth-order valence-corrected chi connectivity index (χ4v) is 2.61. The van der Waals surface area contributed by atoms with Crippen LogP contribution in [0.5, 0.6) is 17.2 Å². The fraction of sp³-hybridized carbons (Fsp3) is 0.222. The standard InChI is InChI=1S/C16H14BrClO3.C2H3N/c1-10-7-13(8-14(18)16(10)15(19)9-17)21-12-5-3-11(20-2)4-6-12;1-2-3/h3-8H,9H2,1-2H3;1H3. The molecule has 0 saturated heterocycles. The molecule has 24 heavy (non-hydrogen) atoms. The molecule has 2 aromatic rings. The summed E-state index contributed by atoms with van der Waals surface area (Å²) in [4.78, 5) is 11.8. The summed E-state index contributed by atoms with van der Waals surface area (Å²) < 4.78 is 10.8. The van der Waals surface area contributed by atoms with E-state index < -0.39 is 0 Å². The normalized spacial score (nSPS) is 9.33. The molecule has 0 radical (unpaired) electrons. The number of carbonyl (C=O) groups is 1. The Kier molecular flexibility index (Phi) is 8.31. The summed E-state index contributed by atoms with van der Waals surface area (Å²) in [5.74, 6) is 1.97. The van der Waals surface area contributed by atoms with Gasteiger partial charge in [-0.15, -0.1) is 0 Å². The molecule has 126 valence electrons. The number of hydrogen-bond acceptors (Lipinski definition) is 4. The zero-order chi connectivity index (χ0) is 18.1. The van der Waals surface area contributed by atoms with Crippen molar-refractivity contribution in [1.29, 1.82) is 5.26 Å². The first-order valence-electron chi connectivity index (χ1n) is 6.98. The molecule has 2 rings (SSSR count). The number of nitriles is 1. The van der Waals surface area contributed by atoms with Crippen LogP contribution in [0.4, 0.5) is 0 Å². The van der Waals surface area contributed by atoms with Crippen LogP contribution in [0, 0.1) is 18.3 Å². The molecule has 0 amide bonds. The third-order valence-corrected chi connectivity index (χ3v) is 3.76. The zero-order valence-electron chi connectivity index (χ0n) is 13.6. The lowest BCUT2D eigenvalue weighted by molar-refractivity contribution is 0.102. The average molecular weight is 411 g/mol. The minimum Gasteiger partial charge on any atom is -0.497 e. The number of carbonyl (C=O) groups excluding carboxylic acids is 1. The Hall–Kier alpha value is -2.03. The largest absolute Gasteiger partial charge is 0.497 e. The van der Waals surface area contributed by atoms with Gasteiger partial charge in [0, 0.05) is 18.6 Å². The molecule has 0 N–H and O–H groups in total. The molecule has 0 aromatic heterocycles. The maximum absolute atomic E-state index is 11.8. The van der Waals surface area contributed by atoms with E-state index in [-0.39, 0.29) is 11.1 Å². The summed E-state index contributed by atoms with van der Waals surface area (Å²) in [6.45, 7) is 3.27. The monoisotopic (exact) mass is 409 g/mol. The van der Waals surface area contributed by atoms with E-state index in [1.807, 2.05) is 19.1 Å². The van der Waals surface area contributed by atoms with Gasteiger partial charge in [0.05, 0.1) is 23.5 Å². The minimum atomic E-state index is -0.0477. The van der Waals surface area contributed by atoms with Gasteiger partial charge in [-0.25, -0.2) is 0 Å². The zero-order valence-corrected chi connectivity index (χ0v) is 15.9. The number of hydrogen-bond donors (Lipinski definition) is 0. The van der Waals surface area contributed by atoms with E-state index in [0.29, 0.717) is 22.1 Å². The molecule has 0 aliphatic carbocycles. The molecule has 0 bridgehead atoms. The number of nitrogens with zero attached hydrogens (tertiary/aromatic N) is 1. The number of alkyl halides is 1. The molecule has 0 fully saturated rings. The number of methoxy groups -OCH3 is 1. The Labute approximate surface area is 155 Å². The van der Waals surface area contributed by atoms with E-state index in [9.17, 15) is 4.79 Å². The van der Waals surface area contributed by atoms with Crippen molar-refractivity contribution in [3.8, 4) is 23.3 Å². The second-order valence-electron chi connectivity index (χ2n) is 4.65. The van der Waals surface area contributed by atoms with E-state index >= 15 is 0 Å². The van der Waals surface area contributed by atoms with Crippen LogP contribution >= 0.6 is 27.5 Å². The number of rotatable bonds is 5. The van der Waals surface area contributed by atoms with E-state index in [2.05, 4.69) is 15.9 Å². The number of Topliss-reactive ketones (excluding diaryl/α,β-unsaturated/α-hetero) is 1. The maximum Gasteiger partial charge on any atom is 0.175 e. The van der Waals surface area contributed by atoms with Crippen molar-refractivity contribution in [2.45, 2.75) is 13.8 Å². The van der Waals surface area contributed by atoms with E-state index in [0.717, 1.165) is 11.3 Å². The lowest BCUT2D eigenvalue weighted by Gasteiger charge is -2.11. The lowest BCUT2D eigenvalue weighted by Crippen LogP contribution is -2.04. The van der Waals surface area contributed by atoms with Crippen LogP contribution in [0.25, 0.3) is 0 Å². The Bertz CT molecular complexity index is 716. The van der Waals surface area contributed by atoms with Gasteiger partial charge in [0.2, 0.25) is 0 Å². The predicted octanol–water partition coefficient (Wildman–Crippen LogP) is 5.56. The minimum absolute atomic E-state index is 0.0477. The summed E-state index contributed by atoms with van der Waals surface area (Å²) in [7, 11) is 1.61. The van der Waals surface area contributed by atoms with Crippen LogP contribution in [0.1, 0.15) is 22.8 Å². The van der Waals surface area contributed by atoms with Crippen molar-refractivity contribution in [2.75, 3.05) is 12.4 Å². The third kappa shape index (κ3) is 5.55. The molecule has 0 aliphatic rings. The van der Waals surface area contributed by atoms with Crippen molar-refractivity contribution in [3.63, 3.8) is 0 Å². The van der Waals surface area contributed by atoms with Crippen LogP contribution in [0.3, 0.4) is 0 Å². The first-order valence-corrected chi connectivity index (χ1v) is 8.48. The van der Waals surface area contributed by atoms with Gasteiger partial charge in [-0.2, -0.15) is 5.26 Å². The van der Waals surface area contributed by atoms with Crippen molar-refractivity contribution in [2.24, 2.45) is 0 Å². The lowest BCUT2D eigenvalue weighted by atomic mass is 10.1. The Morgan fingerprint density at radius 3 is 2.21 bits per heavy atom. The highest BCUT2D eigenvalue weighted by molar-refractivity contribution is 9.09. The number of ketones is 1. The number of ether oxygens (including phenoxy) is 2. The van der Waals surface area contributed by atoms with Crippen LogP contribution < -0.4 is 9.47 Å². The summed E-state index contributed by atoms with van der Waals surface area (Å²) in [6.07, 6.45) is 0. The Morgan fingerprint density at radius 1 is 1.21 bits per heavy atom. The van der Waals surface area contributed by atoms with E-state index in [1.54, 1.807) is 37.4 Å². The van der Waals surface area contributed by atoms with Crippen LogP contribution in [-0.4, -0.2) is 18.2 Å². The third-order valence-electron chi connectivity index (χ3n) is 2.96. The highest BCUT2D eigenvalue weighted by Crippen LogP contribution is 2.30. The van der Waals surface area contributed by atoms with Gasteiger partial charge in [0.1, 0.15) is 17.2 Å².